The number of pyridine rings is 1. The first-order valence-electron chi connectivity index (χ1n) is 4.84. The summed E-state index contributed by atoms with van der Waals surface area (Å²) in [6.45, 7) is 4.02. The standard InChI is InChI=1S/C11H12N2O2/c1-3-15-11(14)10-7(2)8-4-5-12-9(8)6-13-10/h4-6,12H,3H2,1-2H3. The molecule has 0 saturated carbocycles. The summed E-state index contributed by atoms with van der Waals surface area (Å²) in [5.74, 6) is -0.363. The number of hydrogen-bond donors (Lipinski definition) is 1. The van der Waals surface area contributed by atoms with Crippen LogP contribution in [0.5, 0.6) is 0 Å². The van der Waals surface area contributed by atoms with Crippen LogP contribution in [0.25, 0.3) is 10.9 Å². The van der Waals surface area contributed by atoms with Gasteiger partial charge in [0.15, 0.2) is 5.69 Å². The Bertz CT molecular complexity index is 502. The van der Waals surface area contributed by atoms with E-state index in [0.29, 0.717) is 12.3 Å². The van der Waals surface area contributed by atoms with Crippen LogP contribution in [0.1, 0.15) is 23.0 Å². The molecular formula is C11H12N2O2. The summed E-state index contributed by atoms with van der Waals surface area (Å²) in [5, 5.41) is 1.01. The predicted octanol–water partition coefficient (Wildman–Crippen LogP) is 2.05. The number of aryl methyl sites for hydroxylation is 1. The number of fused-ring (bicyclic) bond motifs is 1. The van der Waals surface area contributed by atoms with Crippen LogP contribution in [-0.4, -0.2) is 22.5 Å². The summed E-state index contributed by atoms with van der Waals surface area (Å²) in [5.41, 5.74) is 2.18. The van der Waals surface area contributed by atoms with Gasteiger partial charge in [-0.05, 0) is 25.5 Å². The fourth-order valence-corrected chi connectivity index (χ4v) is 1.57. The van der Waals surface area contributed by atoms with Crippen molar-refractivity contribution in [3.05, 3.63) is 29.7 Å². The number of aromatic amines is 1. The number of esters is 1. The van der Waals surface area contributed by atoms with Crippen molar-refractivity contribution in [2.45, 2.75) is 13.8 Å². The predicted molar refractivity (Wildman–Crippen MR) is 56.8 cm³/mol. The zero-order valence-electron chi connectivity index (χ0n) is 8.70. The van der Waals surface area contributed by atoms with Gasteiger partial charge >= 0.3 is 5.97 Å². The zero-order valence-corrected chi connectivity index (χ0v) is 8.70. The van der Waals surface area contributed by atoms with E-state index in [9.17, 15) is 4.79 Å². The number of hydrogen-bond acceptors (Lipinski definition) is 3. The monoisotopic (exact) mass is 204 g/mol. The molecule has 0 atom stereocenters. The van der Waals surface area contributed by atoms with Crippen molar-refractivity contribution in [2.24, 2.45) is 0 Å². The van der Waals surface area contributed by atoms with Crippen LogP contribution >= 0.6 is 0 Å². The Morgan fingerprint density at radius 2 is 2.40 bits per heavy atom. The minimum Gasteiger partial charge on any atom is -0.461 e. The van der Waals surface area contributed by atoms with Gasteiger partial charge < -0.3 is 9.72 Å². The molecule has 0 bridgehead atoms. The molecule has 4 nitrogen and oxygen atoms in total. The topological polar surface area (TPSA) is 55.0 Å². The number of nitrogens with zero attached hydrogens (tertiary/aromatic N) is 1. The molecule has 0 unspecified atom stereocenters. The SMILES string of the molecule is CCOC(=O)c1ncc2[nH]ccc2c1C. The normalized spacial score (nSPS) is 10.5. The highest BCUT2D eigenvalue weighted by molar-refractivity contribution is 5.95. The maximum Gasteiger partial charge on any atom is 0.357 e. The molecule has 78 valence electrons. The van der Waals surface area contributed by atoms with Crippen molar-refractivity contribution in [1.29, 1.82) is 0 Å². The van der Waals surface area contributed by atoms with Gasteiger partial charge in [-0.15, -0.1) is 0 Å². The molecule has 2 heterocycles. The third-order valence-corrected chi connectivity index (χ3v) is 2.33. The van der Waals surface area contributed by atoms with E-state index in [2.05, 4.69) is 9.97 Å². The Morgan fingerprint density at radius 3 is 3.13 bits per heavy atom. The van der Waals surface area contributed by atoms with Crippen LogP contribution in [0, 0.1) is 6.92 Å². The molecule has 2 aromatic rings. The Labute approximate surface area is 87.3 Å². The van der Waals surface area contributed by atoms with Crippen LogP contribution in [0.2, 0.25) is 0 Å². The number of aromatic nitrogens is 2. The summed E-state index contributed by atoms with van der Waals surface area (Å²) in [4.78, 5) is 18.7. The molecule has 0 aliphatic rings. The number of nitrogens with one attached hydrogen (secondary N) is 1. The van der Waals surface area contributed by atoms with Crippen molar-refractivity contribution < 1.29 is 9.53 Å². The third-order valence-electron chi connectivity index (χ3n) is 2.33. The molecule has 0 fully saturated rings. The van der Waals surface area contributed by atoms with Crippen LogP contribution in [0.4, 0.5) is 0 Å². The summed E-state index contributed by atoms with van der Waals surface area (Å²) in [6.07, 6.45) is 3.48. The Hall–Kier alpha value is -1.84. The first-order chi connectivity index (χ1) is 7.24. The van der Waals surface area contributed by atoms with Crippen molar-refractivity contribution in [2.75, 3.05) is 6.61 Å². The van der Waals surface area contributed by atoms with Crippen molar-refractivity contribution >= 4 is 16.9 Å². The molecule has 0 saturated heterocycles. The Kier molecular flexibility index (Phi) is 2.41. The molecule has 0 aliphatic heterocycles. The van der Waals surface area contributed by atoms with Gasteiger partial charge in [0.2, 0.25) is 0 Å². The van der Waals surface area contributed by atoms with Crippen molar-refractivity contribution in [1.82, 2.24) is 9.97 Å². The molecule has 15 heavy (non-hydrogen) atoms. The van der Waals surface area contributed by atoms with Gasteiger partial charge in [0.05, 0.1) is 18.3 Å². The smallest absolute Gasteiger partial charge is 0.357 e. The Morgan fingerprint density at radius 1 is 1.60 bits per heavy atom. The first-order valence-corrected chi connectivity index (χ1v) is 4.84. The summed E-state index contributed by atoms with van der Waals surface area (Å²) >= 11 is 0. The lowest BCUT2D eigenvalue weighted by Crippen LogP contribution is -2.09. The molecular weight excluding hydrogens is 192 g/mol. The second-order valence-electron chi connectivity index (χ2n) is 3.26. The highest BCUT2D eigenvalue weighted by Gasteiger charge is 2.14. The van der Waals surface area contributed by atoms with E-state index < -0.39 is 0 Å². The lowest BCUT2D eigenvalue weighted by atomic mass is 10.1. The molecule has 4 heteroatoms. The van der Waals surface area contributed by atoms with Crippen molar-refractivity contribution in [3.8, 4) is 0 Å². The number of ether oxygens (including phenoxy) is 1. The fraction of sp³-hybridized carbons (Fsp3) is 0.273. The maximum atomic E-state index is 11.5. The molecule has 2 rings (SSSR count). The minimum atomic E-state index is -0.363. The molecule has 0 spiro atoms. The molecule has 2 aromatic heterocycles. The third kappa shape index (κ3) is 1.58. The van der Waals surface area contributed by atoms with Crippen molar-refractivity contribution in [3.63, 3.8) is 0 Å². The van der Waals surface area contributed by atoms with Crippen LogP contribution in [0.3, 0.4) is 0 Å². The van der Waals surface area contributed by atoms with Gasteiger partial charge in [-0.2, -0.15) is 0 Å². The molecule has 0 aliphatic carbocycles. The van der Waals surface area contributed by atoms with Gasteiger partial charge in [-0.25, -0.2) is 9.78 Å². The molecule has 0 aromatic carbocycles. The Balaban J connectivity index is 2.52. The quantitative estimate of drug-likeness (QED) is 0.761. The van der Waals surface area contributed by atoms with Gasteiger partial charge in [0.25, 0.3) is 0 Å². The van der Waals surface area contributed by atoms with Crippen LogP contribution in [0.15, 0.2) is 18.5 Å². The van der Waals surface area contributed by atoms with Gasteiger partial charge in [-0.1, -0.05) is 0 Å². The van der Waals surface area contributed by atoms with Gasteiger partial charge in [-0.3, -0.25) is 0 Å². The van der Waals surface area contributed by atoms with E-state index in [1.54, 1.807) is 13.1 Å². The molecule has 0 radical (unpaired) electrons. The van der Waals surface area contributed by atoms with Crippen LogP contribution < -0.4 is 0 Å². The zero-order chi connectivity index (χ0) is 10.8. The average Bonchev–Trinajstić information content (AvgIpc) is 2.67. The summed E-state index contributed by atoms with van der Waals surface area (Å²) in [6, 6.07) is 1.93. The van der Waals surface area contributed by atoms with E-state index in [1.807, 2.05) is 19.2 Å². The van der Waals surface area contributed by atoms with E-state index in [4.69, 9.17) is 4.74 Å². The lowest BCUT2D eigenvalue weighted by molar-refractivity contribution is 0.0519. The number of H-pyrrole nitrogens is 1. The minimum absolute atomic E-state index is 0.363. The van der Waals surface area contributed by atoms with E-state index in [1.165, 1.54) is 0 Å². The van der Waals surface area contributed by atoms with Gasteiger partial charge in [0.1, 0.15) is 0 Å². The first kappa shape index (κ1) is 9.71. The highest BCUT2D eigenvalue weighted by atomic mass is 16.5. The number of carbonyl (C=O) groups is 1. The van der Waals surface area contributed by atoms with E-state index in [-0.39, 0.29) is 5.97 Å². The second kappa shape index (κ2) is 3.73. The second-order valence-corrected chi connectivity index (χ2v) is 3.26. The summed E-state index contributed by atoms with van der Waals surface area (Å²) in [7, 11) is 0. The highest BCUT2D eigenvalue weighted by Crippen LogP contribution is 2.18. The van der Waals surface area contributed by atoms with E-state index >= 15 is 0 Å². The van der Waals surface area contributed by atoms with Crippen LogP contribution in [-0.2, 0) is 4.74 Å². The lowest BCUT2D eigenvalue weighted by Gasteiger charge is -2.04. The number of carbonyl (C=O) groups excluding carboxylic acids is 1. The number of rotatable bonds is 2. The average molecular weight is 204 g/mol. The fourth-order valence-electron chi connectivity index (χ4n) is 1.57. The largest absolute Gasteiger partial charge is 0.461 e. The molecule has 1 N–H and O–H groups in total. The maximum absolute atomic E-state index is 11.5. The molecule has 0 amide bonds. The summed E-state index contributed by atoms with van der Waals surface area (Å²) < 4.78 is 4.92. The van der Waals surface area contributed by atoms with E-state index in [0.717, 1.165) is 16.5 Å². The van der Waals surface area contributed by atoms with Gasteiger partial charge in [0, 0.05) is 11.6 Å².